The molecule has 0 aromatic heterocycles. The molecule has 0 aliphatic heterocycles. The van der Waals surface area contributed by atoms with Crippen molar-refractivity contribution in [1.29, 1.82) is 0 Å². The average molecular weight is 410 g/mol. The van der Waals surface area contributed by atoms with Gasteiger partial charge >= 0.3 is 0 Å². The van der Waals surface area contributed by atoms with E-state index in [2.05, 4.69) is 24.4 Å². The number of hydrogen-bond donors (Lipinski definition) is 3. The van der Waals surface area contributed by atoms with Gasteiger partial charge in [-0.15, -0.1) is 0 Å². The fraction of sp³-hybridized carbons (Fsp3) is 0.833. The largest absolute Gasteiger partial charge is 0.393 e. The van der Waals surface area contributed by atoms with E-state index in [4.69, 9.17) is 0 Å². The Bertz CT molecular complexity index is 491. The van der Waals surface area contributed by atoms with Crippen LogP contribution in [0.3, 0.4) is 0 Å². The van der Waals surface area contributed by atoms with Crippen molar-refractivity contribution >= 4 is 11.7 Å². The van der Waals surface area contributed by atoms with Gasteiger partial charge in [-0.25, -0.2) is 0 Å². The maximum absolute atomic E-state index is 12.2. The summed E-state index contributed by atoms with van der Waals surface area (Å²) in [6.07, 6.45) is 14.0. The van der Waals surface area contributed by atoms with Crippen molar-refractivity contribution in [3.05, 3.63) is 12.2 Å². The Hall–Kier alpha value is -1.20. The Kier molecular flexibility index (Phi) is 13.9. The lowest BCUT2D eigenvalue weighted by Crippen LogP contribution is -2.22. The number of carbonyl (C=O) groups is 2. The van der Waals surface area contributed by atoms with Crippen LogP contribution in [0.1, 0.15) is 97.3 Å². The number of amides is 1. The second-order valence-corrected chi connectivity index (χ2v) is 8.49. The molecule has 0 heterocycles. The third kappa shape index (κ3) is 10.9. The van der Waals surface area contributed by atoms with E-state index in [0.29, 0.717) is 38.6 Å². The van der Waals surface area contributed by atoms with Crippen molar-refractivity contribution in [1.82, 2.24) is 5.32 Å². The maximum atomic E-state index is 12.2. The zero-order valence-corrected chi connectivity index (χ0v) is 18.6. The van der Waals surface area contributed by atoms with Crippen molar-refractivity contribution in [3.8, 4) is 0 Å². The molecule has 4 atom stereocenters. The van der Waals surface area contributed by atoms with Gasteiger partial charge in [-0.2, -0.15) is 0 Å². The van der Waals surface area contributed by atoms with Gasteiger partial charge in [0.05, 0.1) is 12.2 Å². The lowest BCUT2D eigenvalue weighted by Gasteiger charge is -2.22. The number of hydrogen-bond acceptors (Lipinski definition) is 4. The predicted molar refractivity (Wildman–Crippen MR) is 118 cm³/mol. The van der Waals surface area contributed by atoms with E-state index in [1.807, 2.05) is 6.92 Å². The molecule has 29 heavy (non-hydrogen) atoms. The molecule has 0 bridgehead atoms. The lowest BCUT2D eigenvalue weighted by molar-refractivity contribution is -0.121. The van der Waals surface area contributed by atoms with Crippen molar-refractivity contribution in [2.24, 2.45) is 11.8 Å². The van der Waals surface area contributed by atoms with E-state index < -0.39 is 12.2 Å². The number of allylic oxidation sites excluding steroid dienone is 2. The zero-order valence-electron chi connectivity index (χ0n) is 18.6. The standard InChI is InChI=1S/C24H43NO4/c1-3-5-6-7-10-13-19(26)16-17-21-20(22(27)18-23(21)28)14-11-8-9-12-15-24(29)25-4-2/h8,11,20-23,27-28H,3-7,9-10,12-18H2,1-2H3,(H,25,29)/b11-8+. The van der Waals surface area contributed by atoms with Crippen LogP contribution in [-0.2, 0) is 9.59 Å². The highest BCUT2D eigenvalue weighted by Gasteiger charge is 2.40. The first-order chi connectivity index (χ1) is 14.0. The molecule has 5 nitrogen and oxygen atoms in total. The molecule has 1 amide bonds. The molecule has 1 rings (SSSR count). The number of Topliss-reactive ketones (excluding diaryl/α,β-unsaturated/α-hetero) is 1. The van der Waals surface area contributed by atoms with Crippen molar-refractivity contribution < 1.29 is 19.8 Å². The molecule has 1 fully saturated rings. The monoisotopic (exact) mass is 409 g/mol. The van der Waals surface area contributed by atoms with E-state index in [1.165, 1.54) is 19.3 Å². The third-order valence-corrected chi connectivity index (χ3v) is 6.06. The van der Waals surface area contributed by atoms with Crippen LogP contribution in [0.15, 0.2) is 12.2 Å². The first kappa shape index (κ1) is 25.8. The number of ketones is 1. The maximum Gasteiger partial charge on any atom is 0.219 e. The summed E-state index contributed by atoms with van der Waals surface area (Å²) in [5.41, 5.74) is 0. The third-order valence-electron chi connectivity index (χ3n) is 6.06. The van der Waals surface area contributed by atoms with E-state index in [0.717, 1.165) is 32.1 Å². The van der Waals surface area contributed by atoms with Gasteiger partial charge in [0, 0.05) is 25.8 Å². The van der Waals surface area contributed by atoms with Gasteiger partial charge in [-0.3, -0.25) is 9.59 Å². The van der Waals surface area contributed by atoms with Crippen LogP contribution in [0, 0.1) is 11.8 Å². The molecule has 0 radical (unpaired) electrons. The molecule has 5 heteroatoms. The summed E-state index contributed by atoms with van der Waals surface area (Å²) < 4.78 is 0. The van der Waals surface area contributed by atoms with Gasteiger partial charge < -0.3 is 15.5 Å². The van der Waals surface area contributed by atoms with Gasteiger partial charge in [0.1, 0.15) is 5.78 Å². The molecule has 0 aromatic carbocycles. The smallest absolute Gasteiger partial charge is 0.219 e. The number of rotatable bonds is 16. The van der Waals surface area contributed by atoms with Gasteiger partial charge in [0.15, 0.2) is 0 Å². The number of aliphatic hydroxyl groups excluding tert-OH is 2. The van der Waals surface area contributed by atoms with Gasteiger partial charge in [-0.05, 0) is 57.3 Å². The molecule has 1 saturated carbocycles. The second kappa shape index (κ2) is 15.6. The van der Waals surface area contributed by atoms with Gasteiger partial charge in [-0.1, -0.05) is 44.8 Å². The molecule has 1 aliphatic carbocycles. The molecule has 0 spiro atoms. The number of unbranched alkanes of at least 4 members (excludes halogenated alkanes) is 5. The zero-order chi connectivity index (χ0) is 21.5. The Morgan fingerprint density at radius 3 is 2.34 bits per heavy atom. The van der Waals surface area contributed by atoms with E-state index in [1.54, 1.807) is 0 Å². The highest BCUT2D eigenvalue weighted by molar-refractivity contribution is 5.78. The van der Waals surface area contributed by atoms with Crippen LogP contribution in [0.5, 0.6) is 0 Å². The molecule has 0 aromatic rings. The predicted octanol–water partition coefficient (Wildman–Crippen LogP) is 4.31. The number of nitrogens with one attached hydrogen (secondary N) is 1. The average Bonchev–Trinajstić information content (AvgIpc) is 2.95. The van der Waals surface area contributed by atoms with E-state index >= 15 is 0 Å². The Labute approximate surface area is 177 Å². The van der Waals surface area contributed by atoms with E-state index in [9.17, 15) is 19.8 Å². The fourth-order valence-electron chi connectivity index (χ4n) is 4.32. The van der Waals surface area contributed by atoms with Crippen LogP contribution < -0.4 is 5.32 Å². The first-order valence-electron chi connectivity index (χ1n) is 11.8. The topological polar surface area (TPSA) is 86.6 Å². The summed E-state index contributed by atoms with van der Waals surface area (Å²) in [6, 6.07) is 0. The van der Waals surface area contributed by atoms with Crippen LogP contribution in [0.25, 0.3) is 0 Å². The first-order valence-corrected chi connectivity index (χ1v) is 11.8. The minimum Gasteiger partial charge on any atom is -0.393 e. The van der Waals surface area contributed by atoms with Crippen molar-refractivity contribution in [3.63, 3.8) is 0 Å². The van der Waals surface area contributed by atoms with Crippen LogP contribution in [-0.4, -0.2) is 40.7 Å². The van der Waals surface area contributed by atoms with Crippen molar-refractivity contribution in [2.75, 3.05) is 6.54 Å². The van der Waals surface area contributed by atoms with Gasteiger partial charge in [0.2, 0.25) is 5.91 Å². The van der Waals surface area contributed by atoms with Crippen LogP contribution >= 0.6 is 0 Å². The van der Waals surface area contributed by atoms with Crippen LogP contribution in [0.4, 0.5) is 0 Å². The molecular weight excluding hydrogens is 366 g/mol. The SMILES string of the molecule is CCCCCCCC(=O)CCC1C(O)CC(O)C1C/C=C/CCCC(=O)NCC. The summed E-state index contributed by atoms with van der Waals surface area (Å²) in [5.74, 6) is 0.385. The molecular formula is C24H43NO4. The Morgan fingerprint density at radius 1 is 0.897 bits per heavy atom. The molecule has 1 aliphatic rings. The Morgan fingerprint density at radius 2 is 1.62 bits per heavy atom. The molecule has 4 unspecified atom stereocenters. The molecule has 168 valence electrons. The summed E-state index contributed by atoms with van der Waals surface area (Å²) in [4.78, 5) is 23.6. The number of carbonyl (C=O) groups excluding carboxylic acids is 2. The quantitative estimate of drug-likeness (QED) is 0.262. The summed E-state index contributed by atoms with van der Waals surface area (Å²) in [5, 5.41) is 23.4. The van der Waals surface area contributed by atoms with Gasteiger partial charge in [0.25, 0.3) is 0 Å². The lowest BCUT2D eigenvalue weighted by atomic mass is 9.86. The van der Waals surface area contributed by atoms with E-state index in [-0.39, 0.29) is 23.5 Å². The van der Waals surface area contributed by atoms with Crippen molar-refractivity contribution in [2.45, 2.75) is 110 Å². The fourth-order valence-corrected chi connectivity index (χ4v) is 4.32. The summed E-state index contributed by atoms with van der Waals surface area (Å²) >= 11 is 0. The number of aliphatic hydroxyl groups is 2. The molecule has 0 saturated heterocycles. The minimum absolute atomic E-state index is 0.00553. The Balaban J connectivity index is 2.30. The molecule has 3 N–H and O–H groups in total. The highest BCUT2D eigenvalue weighted by atomic mass is 16.3. The minimum atomic E-state index is -0.515. The van der Waals surface area contributed by atoms with Crippen LogP contribution in [0.2, 0.25) is 0 Å². The second-order valence-electron chi connectivity index (χ2n) is 8.49. The highest BCUT2D eigenvalue weighted by Crippen LogP contribution is 2.38. The normalized spacial score (nSPS) is 24.3. The summed E-state index contributed by atoms with van der Waals surface area (Å²) in [6.45, 7) is 4.76. The summed E-state index contributed by atoms with van der Waals surface area (Å²) in [7, 11) is 0.